The summed E-state index contributed by atoms with van der Waals surface area (Å²) in [7, 11) is -2.13. The molecular formula is C12H17BrCl2N2O3S. The van der Waals surface area contributed by atoms with Crippen molar-refractivity contribution in [3.05, 3.63) is 21.6 Å². The van der Waals surface area contributed by atoms with Crippen LogP contribution in [-0.2, 0) is 10.0 Å². The Labute approximate surface area is 144 Å². The highest BCUT2D eigenvalue weighted by molar-refractivity contribution is 9.10. The van der Waals surface area contributed by atoms with Crippen LogP contribution in [0.1, 0.15) is 12.8 Å². The van der Waals surface area contributed by atoms with Crippen molar-refractivity contribution < 1.29 is 13.2 Å². The first-order valence-electron chi connectivity index (χ1n) is 6.16. The minimum absolute atomic E-state index is 0. The van der Waals surface area contributed by atoms with Crippen LogP contribution in [0, 0.1) is 0 Å². The smallest absolute Gasteiger partial charge is 0.244 e. The second-order valence-corrected chi connectivity index (χ2v) is 7.69. The van der Waals surface area contributed by atoms with Gasteiger partial charge in [-0.2, -0.15) is 4.31 Å². The van der Waals surface area contributed by atoms with Gasteiger partial charge in [-0.25, -0.2) is 8.42 Å². The van der Waals surface area contributed by atoms with E-state index in [1.165, 1.54) is 17.5 Å². The summed E-state index contributed by atoms with van der Waals surface area (Å²) in [6.45, 7) is 0.807. The summed E-state index contributed by atoms with van der Waals surface area (Å²) in [4.78, 5) is 0.142. The fraction of sp³-hybridized carbons (Fsp3) is 0.500. The molecule has 1 unspecified atom stereocenters. The van der Waals surface area contributed by atoms with E-state index in [-0.39, 0.29) is 28.4 Å². The van der Waals surface area contributed by atoms with Gasteiger partial charge in [-0.15, -0.1) is 12.4 Å². The quantitative estimate of drug-likeness (QED) is 0.813. The van der Waals surface area contributed by atoms with Gasteiger partial charge in [0, 0.05) is 23.6 Å². The van der Waals surface area contributed by atoms with Crippen LogP contribution in [0.15, 0.2) is 21.5 Å². The van der Waals surface area contributed by atoms with Gasteiger partial charge in [-0.3, -0.25) is 0 Å². The standard InChI is InChI=1S/C12H16BrClN2O3S.ClH/c1-19-11-5-9(13)12(6-10(11)14)20(17,18)16-4-2-3-8(16)7-15;/h5-6,8H,2-4,7,15H2,1H3;1H. The number of methoxy groups -OCH3 is 1. The number of hydrogen-bond acceptors (Lipinski definition) is 4. The maximum Gasteiger partial charge on any atom is 0.244 e. The third-order valence-corrected chi connectivity index (χ3v) is 6.59. The molecule has 0 spiro atoms. The zero-order chi connectivity index (χ0) is 14.9. The molecule has 5 nitrogen and oxygen atoms in total. The molecule has 2 N–H and O–H groups in total. The Bertz CT molecular complexity index is 613. The molecule has 0 aliphatic carbocycles. The first kappa shape index (κ1) is 19.0. The molecule has 0 saturated carbocycles. The van der Waals surface area contributed by atoms with Crippen molar-refractivity contribution in [2.45, 2.75) is 23.8 Å². The van der Waals surface area contributed by atoms with Crippen LogP contribution in [0.25, 0.3) is 0 Å². The van der Waals surface area contributed by atoms with Crippen molar-refractivity contribution >= 4 is 50.0 Å². The molecule has 1 heterocycles. The van der Waals surface area contributed by atoms with Crippen LogP contribution in [-0.4, -0.2) is 39.0 Å². The first-order valence-corrected chi connectivity index (χ1v) is 8.78. The lowest BCUT2D eigenvalue weighted by atomic mass is 10.2. The molecule has 1 saturated heterocycles. The molecule has 1 fully saturated rings. The Balaban J connectivity index is 0.00000220. The number of rotatable bonds is 4. The van der Waals surface area contributed by atoms with Crippen LogP contribution in [0.2, 0.25) is 5.02 Å². The Hall–Kier alpha value is -0.0500. The zero-order valence-corrected chi connectivity index (χ0v) is 15.4. The van der Waals surface area contributed by atoms with Crippen LogP contribution < -0.4 is 10.5 Å². The van der Waals surface area contributed by atoms with E-state index >= 15 is 0 Å². The fourth-order valence-electron chi connectivity index (χ4n) is 2.35. The molecule has 1 atom stereocenters. The van der Waals surface area contributed by atoms with E-state index < -0.39 is 10.0 Å². The van der Waals surface area contributed by atoms with Crippen LogP contribution >= 0.6 is 39.9 Å². The molecule has 120 valence electrons. The SMILES string of the molecule is COc1cc(Br)c(S(=O)(=O)N2CCCC2CN)cc1Cl.Cl. The zero-order valence-electron chi connectivity index (χ0n) is 11.4. The minimum atomic E-state index is -3.61. The second-order valence-electron chi connectivity index (χ2n) is 4.56. The van der Waals surface area contributed by atoms with Gasteiger partial charge < -0.3 is 10.5 Å². The third kappa shape index (κ3) is 3.65. The van der Waals surface area contributed by atoms with Gasteiger partial charge in [0.05, 0.1) is 17.0 Å². The molecule has 0 bridgehead atoms. The summed E-state index contributed by atoms with van der Waals surface area (Å²) in [6.07, 6.45) is 1.61. The van der Waals surface area contributed by atoms with Crippen molar-refractivity contribution in [2.24, 2.45) is 5.73 Å². The summed E-state index contributed by atoms with van der Waals surface area (Å²) in [6, 6.07) is 2.82. The lowest BCUT2D eigenvalue weighted by Gasteiger charge is -2.23. The molecule has 2 rings (SSSR count). The number of halogens is 3. The number of hydrogen-bond donors (Lipinski definition) is 1. The second kappa shape index (κ2) is 7.48. The predicted octanol–water partition coefficient (Wildman–Crippen LogP) is 2.64. The molecule has 1 aromatic carbocycles. The van der Waals surface area contributed by atoms with Crippen molar-refractivity contribution in [3.63, 3.8) is 0 Å². The lowest BCUT2D eigenvalue weighted by Crippen LogP contribution is -2.39. The van der Waals surface area contributed by atoms with Gasteiger partial charge in [-0.1, -0.05) is 11.6 Å². The lowest BCUT2D eigenvalue weighted by molar-refractivity contribution is 0.392. The van der Waals surface area contributed by atoms with E-state index in [1.807, 2.05) is 0 Å². The molecule has 1 aliphatic heterocycles. The molecule has 21 heavy (non-hydrogen) atoms. The number of nitrogens with two attached hydrogens (primary N) is 1. The third-order valence-electron chi connectivity index (χ3n) is 3.39. The number of nitrogens with zero attached hydrogens (tertiary/aromatic N) is 1. The van der Waals surface area contributed by atoms with E-state index in [0.29, 0.717) is 23.3 Å². The summed E-state index contributed by atoms with van der Waals surface area (Å²) < 4.78 is 32.4. The number of benzene rings is 1. The van der Waals surface area contributed by atoms with E-state index in [2.05, 4.69) is 15.9 Å². The fourth-order valence-corrected chi connectivity index (χ4v) is 5.37. The Morgan fingerprint density at radius 2 is 2.19 bits per heavy atom. The minimum Gasteiger partial charge on any atom is -0.495 e. The molecule has 9 heteroatoms. The van der Waals surface area contributed by atoms with E-state index in [9.17, 15) is 8.42 Å². The molecular weight excluding hydrogens is 403 g/mol. The van der Waals surface area contributed by atoms with Crippen LogP contribution in [0.5, 0.6) is 5.75 Å². The highest BCUT2D eigenvalue weighted by atomic mass is 79.9. The monoisotopic (exact) mass is 418 g/mol. The van der Waals surface area contributed by atoms with Gasteiger partial charge in [0.15, 0.2) is 0 Å². The van der Waals surface area contributed by atoms with Crippen molar-refractivity contribution in [3.8, 4) is 5.75 Å². The molecule has 1 aromatic rings. The summed E-state index contributed by atoms with van der Waals surface area (Å²) in [5.74, 6) is 0.425. The van der Waals surface area contributed by atoms with Crippen LogP contribution in [0.4, 0.5) is 0 Å². The van der Waals surface area contributed by atoms with Crippen molar-refractivity contribution in [1.82, 2.24) is 4.31 Å². The van der Waals surface area contributed by atoms with Crippen molar-refractivity contribution in [2.75, 3.05) is 20.2 Å². The van der Waals surface area contributed by atoms with E-state index in [0.717, 1.165) is 12.8 Å². The van der Waals surface area contributed by atoms with Gasteiger partial charge in [0.2, 0.25) is 10.0 Å². The first-order chi connectivity index (χ1) is 9.41. The van der Waals surface area contributed by atoms with Crippen LogP contribution in [0.3, 0.4) is 0 Å². The highest BCUT2D eigenvalue weighted by Crippen LogP contribution is 2.36. The topological polar surface area (TPSA) is 72.6 Å². The van der Waals surface area contributed by atoms with Gasteiger partial charge in [-0.05, 0) is 40.9 Å². The Morgan fingerprint density at radius 3 is 2.76 bits per heavy atom. The van der Waals surface area contributed by atoms with Gasteiger partial charge in [0.25, 0.3) is 0 Å². The summed E-state index contributed by atoms with van der Waals surface area (Å²) >= 11 is 9.30. The molecule has 1 aliphatic rings. The number of ether oxygens (including phenoxy) is 1. The van der Waals surface area contributed by atoms with Crippen molar-refractivity contribution in [1.29, 1.82) is 0 Å². The summed E-state index contributed by atoms with van der Waals surface area (Å²) in [5.41, 5.74) is 5.65. The average molecular weight is 420 g/mol. The average Bonchev–Trinajstić information content (AvgIpc) is 2.89. The predicted molar refractivity (Wildman–Crippen MR) is 88.9 cm³/mol. The molecule has 0 aromatic heterocycles. The molecule has 0 amide bonds. The largest absolute Gasteiger partial charge is 0.495 e. The summed E-state index contributed by atoms with van der Waals surface area (Å²) in [5, 5.41) is 0.262. The Kier molecular flexibility index (Phi) is 6.77. The maximum absolute atomic E-state index is 12.7. The Morgan fingerprint density at radius 1 is 1.52 bits per heavy atom. The van der Waals surface area contributed by atoms with Gasteiger partial charge in [0.1, 0.15) is 5.75 Å². The molecule has 0 radical (unpaired) electrons. The van der Waals surface area contributed by atoms with Gasteiger partial charge >= 0.3 is 0 Å². The van der Waals surface area contributed by atoms with E-state index in [1.54, 1.807) is 6.07 Å². The maximum atomic E-state index is 12.7. The normalized spacial score (nSPS) is 19.3. The highest BCUT2D eigenvalue weighted by Gasteiger charge is 2.35. The van der Waals surface area contributed by atoms with E-state index in [4.69, 9.17) is 22.1 Å². The number of sulfonamides is 1.